The molecule has 1 aromatic carbocycles. The van der Waals surface area contributed by atoms with Gasteiger partial charge in [-0.05, 0) is 48.5 Å². The van der Waals surface area contributed by atoms with Gasteiger partial charge in [0.15, 0.2) is 3.95 Å². The number of ether oxygens (including phenoxy) is 1. The first-order valence-electron chi connectivity index (χ1n) is 5.11. The minimum Gasteiger partial charge on any atom is -0.497 e. The molecule has 0 spiro atoms. The van der Waals surface area contributed by atoms with E-state index in [4.69, 9.17) is 17.0 Å². The SMILES string of the molecule is CCc1sc(=S)[nH]c1-c1ccc(OC)cc1. The fourth-order valence-electron chi connectivity index (χ4n) is 1.60. The molecule has 0 amide bonds. The Kier molecular flexibility index (Phi) is 3.41. The van der Waals surface area contributed by atoms with Gasteiger partial charge >= 0.3 is 0 Å². The predicted molar refractivity (Wildman–Crippen MR) is 70.9 cm³/mol. The van der Waals surface area contributed by atoms with Crippen LogP contribution in [-0.2, 0) is 6.42 Å². The summed E-state index contributed by atoms with van der Waals surface area (Å²) in [5, 5.41) is 0. The number of hydrogen-bond donors (Lipinski definition) is 1. The Morgan fingerprint density at radius 1 is 1.31 bits per heavy atom. The number of rotatable bonds is 3. The molecule has 0 aliphatic rings. The molecule has 0 radical (unpaired) electrons. The second-order valence-electron chi connectivity index (χ2n) is 3.39. The van der Waals surface area contributed by atoms with Gasteiger partial charge in [-0.3, -0.25) is 0 Å². The summed E-state index contributed by atoms with van der Waals surface area (Å²) in [4.78, 5) is 4.54. The number of thiazole rings is 1. The van der Waals surface area contributed by atoms with E-state index in [-0.39, 0.29) is 0 Å². The molecule has 84 valence electrons. The second-order valence-corrected chi connectivity index (χ2v) is 5.17. The number of aromatic nitrogens is 1. The lowest BCUT2D eigenvalue weighted by Gasteiger charge is -2.03. The molecule has 0 bridgehead atoms. The maximum Gasteiger partial charge on any atom is 0.159 e. The van der Waals surface area contributed by atoms with Crippen molar-refractivity contribution >= 4 is 23.6 Å². The first kappa shape index (κ1) is 11.4. The third-order valence-corrected chi connectivity index (χ3v) is 3.80. The van der Waals surface area contributed by atoms with E-state index in [2.05, 4.69) is 11.9 Å². The smallest absolute Gasteiger partial charge is 0.159 e. The van der Waals surface area contributed by atoms with E-state index in [1.807, 2.05) is 24.3 Å². The molecule has 2 rings (SSSR count). The third-order valence-electron chi connectivity index (χ3n) is 2.42. The monoisotopic (exact) mass is 251 g/mol. The fraction of sp³-hybridized carbons (Fsp3) is 0.250. The van der Waals surface area contributed by atoms with E-state index in [0.717, 1.165) is 27.4 Å². The molecule has 4 heteroatoms. The van der Waals surface area contributed by atoms with Crippen LogP contribution in [0, 0.1) is 3.95 Å². The molecule has 0 unspecified atom stereocenters. The zero-order valence-corrected chi connectivity index (χ0v) is 10.9. The standard InChI is InChI=1S/C12H13NOS2/c1-3-10-11(13-12(15)16-10)8-4-6-9(14-2)7-5-8/h4-7H,3H2,1-2H3,(H,13,15). The lowest BCUT2D eigenvalue weighted by atomic mass is 10.1. The fourth-order valence-corrected chi connectivity index (χ4v) is 2.80. The lowest BCUT2D eigenvalue weighted by molar-refractivity contribution is 0.415. The van der Waals surface area contributed by atoms with Gasteiger partial charge in [0.1, 0.15) is 5.75 Å². The zero-order chi connectivity index (χ0) is 11.5. The highest BCUT2D eigenvalue weighted by Gasteiger charge is 2.06. The number of aryl methyl sites for hydroxylation is 1. The van der Waals surface area contributed by atoms with Crippen LogP contribution in [0.25, 0.3) is 11.3 Å². The molecule has 2 aromatic rings. The Morgan fingerprint density at radius 2 is 2.00 bits per heavy atom. The van der Waals surface area contributed by atoms with Gasteiger partial charge in [0, 0.05) is 4.88 Å². The Morgan fingerprint density at radius 3 is 2.56 bits per heavy atom. The highest BCUT2D eigenvalue weighted by Crippen LogP contribution is 2.28. The zero-order valence-electron chi connectivity index (χ0n) is 9.24. The first-order chi connectivity index (χ1) is 7.74. The first-order valence-corrected chi connectivity index (χ1v) is 6.33. The molecule has 0 aliphatic carbocycles. The van der Waals surface area contributed by atoms with Crippen molar-refractivity contribution < 1.29 is 4.74 Å². The average Bonchev–Trinajstić information content (AvgIpc) is 2.70. The molecule has 2 nitrogen and oxygen atoms in total. The van der Waals surface area contributed by atoms with Gasteiger partial charge in [0.2, 0.25) is 0 Å². The van der Waals surface area contributed by atoms with Gasteiger partial charge in [-0.2, -0.15) is 0 Å². The highest BCUT2D eigenvalue weighted by molar-refractivity contribution is 7.73. The largest absolute Gasteiger partial charge is 0.497 e. The minimum atomic E-state index is 0.836. The van der Waals surface area contributed by atoms with Crippen molar-refractivity contribution in [2.75, 3.05) is 7.11 Å². The number of H-pyrrole nitrogens is 1. The molecule has 1 heterocycles. The average molecular weight is 251 g/mol. The Balaban J connectivity index is 2.45. The molecule has 0 saturated heterocycles. The van der Waals surface area contributed by atoms with Crippen molar-refractivity contribution in [1.82, 2.24) is 4.98 Å². The van der Waals surface area contributed by atoms with Gasteiger partial charge in [0.05, 0.1) is 12.8 Å². The van der Waals surface area contributed by atoms with Crippen molar-refractivity contribution in [2.24, 2.45) is 0 Å². The molecule has 1 aromatic heterocycles. The van der Waals surface area contributed by atoms with Crippen LogP contribution in [0.2, 0.25) is 0 Å². The number of benzene rings is 1. The molecule has 1 N–H and O–H groups in total. The normalized spacial score (nSPS) is 10.4. The molecule has 0 fully saturated rings. The summed E-state index contributed by atoms with van der Waals surface area (Å²) in [6.07, 6.45) is 0.999. The van der Waals surface area contributed by atoms with Crippen LogP contribution in [0.3, 0.4) is 0 Å². The van der Waals surface area contributed by atoms with E-state index in [1.165, 1.54) is 4.88 Å². The highest BCUT2D eigenvalue weighted by atomic mass is 32.1. The van der Waals surface area contributed by atoms with E-state index in [9.17, 15) is 0 Å². The number of hydrogen-bond acceptors (Lipinski definition) is 3. The van der Waals surface area contributed by atoms with E-state index < -0.39 is 0 Å². The molecular weight excluding hydrogens is 238 g/mol. The van der Waals surface area contributed by atoms with Gasteiger partial charge in [0.25, 0.3) is 0 Å². The van der Waals surface area contributed by atoms with Crippen molar-refractivity contribution in [1.29, 1.82) is 0 Å². The summed E-state index contributed by atoms with van der Waals surface area (Å²) in [6.45, 7) is 2.14. The Hall–Kier alpha value is -1.13. The minimum absolute atomic E-state index is 0.836. The second kappa shape index (κ2) is 4.80. The molecular formula is C12H13NOS2. The topological polar surface area (TPSA) is 25.0 Å². The van der Waals surface area contributed by atoms with Crippen molar-refractivity contribution in [2.45, 2.75) is 13.3 Å². The van der Waals surface area contributed by atoms with E-state index in [0.29, 0.717) is 0 Å². The quantitative estimate of drug-likeness (QED) is 0.833. The van der Waals surface area contributed by atoms with Gasteiger partial charge in [-0.25, -0.2) is 0 Å². The van der Waals surface area contributed by atoms with Gasteiger partial charge in [-0.15, -0.1) is 11.3 Å². The molecule has 16 heavy (non-hydrogen) atoms. The number of aromatic amines is 1. The van der Waals surface area contributed by atoms with Gasteiger partial charge < -0.3 is 9.72 Å². The van der Waals surface area contributed by atoms with Crippen LogP contribution in [0.1, 0.15) is 11.8 Å². The summed E-state index contributed by atoms with van der Waals surface area (Å²) in [7, 11) is 1.67. The van der Waals surface area contributed by atoms with Crippen LogP contribution in [-0.4, -0.2) is 12.1 Å². The van der Waals surface area contributed by atoms with Crippen molar-refractivity contribution in [3.05, 3.63) is 33.1 Å². The summed E-state index contributed by atoms with van der Waals surface area (Å²) in [5.41, 5.74) is 2.30. The van der Waals surface area contributed by atoms with Crippen LogP contribution in [0.4, 0.5) is 0 Å². The molecule has 0 atom stereocenters. The van der Waals surface area contributed by atoms with Gasteiger partial charge in [-0.1, -0.05) is 6.92 Å². The summed E-state index contributed by atoms with van der Waals surface area (Å²) >= 11 is 6.82. The lowest BCUT2D eigenvalue weighted by Crippen LogP contribution is -1.85. The van der Waals surface area contributed by atoms with Crippen LogP contribution >= 0.6 is 23.6 Å². The predicted octanol–water partition coefficient (Wildman–Crippen LogP) is 4.04. The number of nitrogens with one attached hydrogen (secondary N) is 1. The van der Waals surface area contributed by atoms with Crippen LogP contribution in [0.15, 0.2) is 24.3 Å². The Labute approximate surface area is 104 Å². The molecule has 0 aliphatic heterocycles. The van der Waals surface area contributed by atoms with E-state index in [1.54, 1.807) is 18.4 Å². The van der Waals surface area contributed by atoms with Crippen LogP contribution in [0.5, 0.6) is 5.75 Å². The maximum absolute atomic E-state index is 5.17. The summed E-state index contributed by atoms with van der Waals surface area (Å²) < 4.78 is 5.97. The third kappa shape index (κ3) is 2.18. The molecule has 0 saturated carbocycles. The van der Waals surface area contributed by atoms with Crippen molar-refractivity contribution in [3.63, 3.8) is 0 Å². The number of methoxy groups -OCH3 is 1. The van der Waals surface area contributed by atoms with Crippen molar-refractivity contribution in [3.8, 4) is 17.0 Å². The van der Waals surface area contributed by atoms with E-state index >= 15 is 0 Å². The summed E-state index contributed by atoms with van der Waals surface area (Å²) in [5.74, 6) is 0.871. The summed E-state index contributed by atoms with van der Waals surface area (Å²) in [6, 6.07) is 8.02. The van der Waals surface area contributed by atoms with Crippen LogP contribution < -0.4 is 4.74 Å². The Bertz CT molecular complexity index is 525. The maximum atomic E-state index is 5.17.